The van der Waals surface area contributed by atoms with Crippen LogP contribution >= 0.6 is 0 Å². The maximum Gasteiger partial charge on any atom is 0.258 e. The van der Waals surface area contributed by atoms with Gasteiger partial charge in [-0.15, -0.1) is 0 Å². The molecular weight excluding hydrogens is 397 g/mol. The van der Waals surface area contributed by atoms with Crippen LogP contribution in [-0.2, 0) is 10.0 Å². The van der Waals surface area contributed by atoms with E-state index in [2.05, 4.69) is 10.1 Å². The van der Waals surface area contributed by atoms with Gasteiger partial charge < -0.3 is 9.26 Å². The molecule has 0 unspecified atom stereocenters. The van der Waals surface area contributed by atoms with E-state index in [0.717, 1.165) is 17.7 Å². The van der Waals surface area contributed by atoms with E-state index in [1.165, 1.54) is 16.4 Å². The fourth-order valence-corrected chi connectivity index (χ4v) is 4.85. The molecule has 1 saturated heterocycles. The molecule has 0 bridgehead atoms. The number of aromatic nitrogens is 2. The fourth-order valence-electron chi connectivity index (χ4n) is 3.38. The molecule has 1 aliphatic heterocycles. The number of sulfonamides is 1. The molecular formula is C20H20FN3O4S. The van der Waals surface area contributed by atoms with Crippen molar-refractivity contribution < 1.29 is 22.1 Å². The smallest absolute Gasteiger partial charge is 0.258 e. The molecule has 29 heavy (non-hydrogen) atoms. The third-order valence-electron chi connectivity index (χ3n) is 5.03. The molecule has 1 aromatic heterocycles. The lowest BCUT2D eigenvalue weighted by Crippen LogP contribution is -2.38. The fraction of sp³-hybridized carbons (Fsp3) is 0.300. The normalized spacial score (nSPS) is 16.1. The molecule has 3 aromatic rings. The highest BCUT2D eigenvalue weighted by Gasteiger charge is 2.31. The minimum Gasteiger partial charge on any atom is -0.497 e. The average Bonchev–Trinajstić information content (AvgIpc) is 3.24. The molecule has 0 aliphatic carbocycles. The van der Waals surface area contributed by atoms with Crippen molar-refractivity contribution >= 4 is 10.0 Å². The zero-order valence-corrected chi connectivity index (χ0v) is 16.6. The van der Waals surface area contributed by atoms with Gasteiger partial charge in [0.25, 0.3) is 5.89 Å². The highest BCUT2D eigenvalue weighted by molar-refractivity contribution is 7.89. The van der Waals surface area contributed by atoms with E-state index in [1.54, 1.807) is 7.11 Å². The molecule has 9 heteroatoms. The van der Waals surface area contributed by atoms with Crippen LogP contribution in [0.2, 0.25) is 0 Å². The Kier molecular flexibility index (Phi) is 5.33. The van der Waals surface area contributed by atoms with E-state index >= 15 is 0 Å². The van der Waals surface area contributed by atoms with Gasteiger partial charge in [-0.05, 0) is 55.3 Å². The predicted octanol–water partition coefficient (Wildman–Crippen LogP) is 3.45. The summed E-state index contributed by atoms with van der Waals surface area (Å²) in [6, 6.07) is 12.2. The maximum absolute atomic E-state index is 13.1. The third-order valence-corrected chi connectivity index (χ3v) is 6.94. The highest BCUT2D eigenvalue weighted by atomic mass is 32.2. The summed E-state index contributed by atoms with van der Waals surface area (Å²) in [6.07, 6.45) is 1.16. The first-order valence-electron chi connectivity index (χ1n) is 9.21. The Morgan fingerprint density at radius 1 is 1.14 bits per heavy atom. The van der Waals surface area contributed by atoms with Crippen molar-refractivity contribution in [1.82, 2.24) is 14.4 Å². The van der Waals surface area contributed by atoms with E-state index in [0.29, 0.717) is 43.4 Å². The van der Waals surface area contributed by atoms with Gasteiger partial charge in [0, 0.05) is 24.6 Å². The summed E-state index contributed by atoms with van der Waals surface area (Å²) in [7, 11) is -2.05. The van der Waals surface area contributed by atoms with Gasteiger partial charge in [0.2, 0.25) is 10.0 Å². The van der Waals surface area contributed by atoms with Crippen LogP contribution in [0, 0.1) is 5.82 Å². The molecule has 2 heterocycles. The quantitative estimate of drug-likeness (QED) is 0.632. The molecule has 152 valence electrons. The lowest BCUT2D eigenvalue weighted by atomic mass is 9.97. The number of hydrogen-bond donors (Lipinski definition) is 0. The summed E-state index contributed by atoms with van der Waals surface area (Å²) in [6.45, 7) is 0.681. The SMILES string of the molecule is COc1cccc(-c2nc(C3CCN(S(=O)(=O)c4ccc(F)cc4)CC3)no2)c1. The Hall–Kier alpha value is -2.78. The summed E-state index contributed by atoms with van der Waals surface area (Å²) in [4.78, 5) is 4.59. The summed E-state index contributed by atoms with van der Waals surface area (Å²) in [5.74, 6) is 1.22. The third kappa shape index (κ3) is 4.01. The molecule has 2 aromatic carbocycles. The van der Waals surface area contributed by atoms with E-state index in [1.807, 2.05) is 24.3 Å². The van der Waals surface area contributed by atoms with Crippen LogP contribution < -0.4 is 4.74 Å². The van der Waals surface area contributed by atoms with Crippen LogP contribution in [0.25, 0.3) is 11.5 Å². The molecule has 0 spiro atoms. The number of nitrogens with zero attached hydrogens (tertiary/aromatic N) is 3. The Labute approximate surface area is 168 Å². The number of hydrogen-bond acceptors (Lipinski definition) is 6. The van der Waals surface area contributed by atoms with Crippen molar-refractivity contribution in [3.63, 3.8) is 0 Å². The van der Waals surface area contributed by atoms with E-state index in [9.17, 15) is 12.8 Å². The van der Waals surface area contributed by atoms with Crippen molar-refractivity contribution in [2.75, 3.05) is 20.2 Å². The Balaban J connectivity index is 1.45. The van der Waals surface area contributed by atoms with Crippen LogP contribution in [-0.4, -0.2) is 43.1 Å². The number of piperidine rings is 1. The van der Waals surface area contributed by atoms with Gasteiger partial charge in [-0.3, -0.25) is 0 Å². The topological polar surface area (TPSA) is 85.5 Å². The van der Waals surface area contributed by atoms with Crippen LogP contribution in [0.15, 0.2) is 57.9 Å². The second-order valence-electron chi connectivity index (χ2n) is 6.82. The zero-order chi connectivity index (χ0) is 20.4. The number of benzene rings is 2. The summed E-state index contributed by atoms with van der Waals surface area (Å²) in [5.41, 5.74) is 0.763. The largest absolute Gasteiger partial charge is 0.497 e. The first-order chi connectivity index (χ1) is 14.0. The number of ether oxygens (including phenoxy) is 1. The summed E-state index contributed by atoms with van der Waals surface area (Å²) in [5, 5.41) is 4.09. The first-order valence-corrected chi connectivity index (χ1v) is 10.6. The van der Waals surface area contributed by atoms with Gasteiger partial charge in [-0.2, -0.15) is 9.29 Å². The summed E-state index contributed by atoms with van der Waals surface area (Å²) >= 11 is 0. The summed E-state index contributed by atoms with van der Waals surface area (Å²) < 4.78 is 50.6. The van der Waals surface area contributed by atoms with Crippen molar-refractivity contribution in [2.24, 2.45) is 0 Å². The Bertz CT molecular complexity index is 1090. The lowest BCUT2D eigenvalue weighted by molar-refractivity contribution is 0.307. The molecule has 0 atom stereocenters. The van der Waals surface area contributed by atoms with Crippen molar-refractivity contribution in [1.29, 1.82) is 0 Å². The van der Waals surface area contributed by atoms with Crippen molar-refractivity contribution in [3.05, 3.63) is 60.2 Å². The van der Waals surface area contributed by atoms with Crippen LogP contribution in [0.4, 0.5) is 4.39 Å². The maximum atomic E-state index is 13.1. The monoisotopic (exact) mass is 417 g/mol. The zero-order valence-electron chi connectivity index (χ0n) is 15.8. The first kappa shape index (κ1) is 19.5. The minimum atomic E-state index is -3.64. The predicted molar refractivity (Wildman–Crippen MR) is 103 cm³/mol. The highest BCUT2D eigenvalue weighted by Crippen LogP contribution is 2.31. The van der Waals surface area contributed by atoms with Crippen LogP contribution in [0.5, 0.6) is 5.75 Å². The van der Waals surface area contributed by atoms with Crippen molar-refractivity contribution in [3.8, 4) is 17.2 Å². The van der Waals surface area contributed by atoms with Gasteiger partial charge in [0.15, 0.2) is 5.82 Å². The van der Waals surface area contributed by atoms with Gasteiger partial charge >= 0.3 is 0 Å². The number of methoxy groups -OCH3 is 1. The Morgan fingerprint density at radius 2 is 1.86 bits per heavy atom. The molecule has 0 N–H and O–H groups in total. The molecule has 0 amide bonds. The standard InChI is InChI=1S/C20H20FN3O4S/c1-27-17-4-2-3-15(13-17)20-22-19(23-28-20)14-9-11-24(12-10-14)29(25,26)18-7-5-16(21)6-8-18/h2-8,13-14H,9-12H2,1H3. The molecule has 0 saturated carbocycles. The van der Waals surface area contributed by atoms with E-state index in [4.69, 9.17) is 9.26 Å². The minimum absolute atomic E-state index is 0.0118. The molecule has 0 radical (unpaired) electrons. The van der Waals surface area contributed by atoms with Crippen molar-refractivity contribution in [2.45, 2.75) is 23.7 Å². The Morgan fingerprint density at radius 3 is 2.55 bits per heavy atom. The average molecular weight is 417 g/mol. The van der Waals surface area contributed by atoms with Crippen LogP contribution in [0.3, 0.4) is 0 Å². The molecule has 4 rings (SSSR count). The van der Waals surface area contributed by atoms with Gasteiger partial charge in [-0.1, -0.05) is 11.2 Å². The second kappa shape index (κ2) is 7.92. The van der Waals surface area contributed by atoms with E-state index < -0.39 is 15.8 Å². The van der Waals surface area contributed by atoms with Gasteiger partial charge in [-0.25, -0.2) is 12.8 Å². The number of rotatable bonds is 5. The van der Waals surface area contributed by atoms with Gasteiger partial charge in [0.1, 0.15) is 11.6 Å². The number of halogens is 1. The van der Waals surface area contributed by atoms with E-state index in [-0.39, 0.29) is 10.8 Å². The molecule has 1 aliphatic rings. The van der Waals surface area contributed by atoms with Gasteiger partial charge in [0.05, 0.1) is 12.0 Å². The molecule has 7 nitrogen and oxygen atoms in total. The van der Waals surface area contributed by atoms with Crippen LogP contribution in [0.1, 0.15) is 24.6 Å². The lowest BCUT2D eigenvalue weighted by Gasteiger charge is -2.29. The second-order valence-corrected chi connectivity index (χ2v) is 8.76. The molecule has 1 fully saturated rings.